The molecule has 16 N–H and O–H groups in total. The third kappa shape index (κ3) is 28.8. The number of ether oxygens (including phenoxy) is 10. The van der Waals surface area contributed by atoms with Gasteiger partial charge in [-0.15, -0.1) is 0 Å². The molecule has 5 heterocycles. The zero-order valence-corrected chi connectivity index (χ0v) is 57.2. The summed E-state index contributed by atoms with van der Waals surface area (Å²) in [7, 11) is -66.0. The van der Waals surface area contributed by atoms with Gasteiger partial charge in [0, 0.05) is 7.11 Å². The Kier molecular flexibility index (Phi) is 30.0. The van der Waals surface area contributed by atoms with Crippen LogP contribution in [0.15, 0.2) is 0 Å². The second kappa shape index (κ2) is 33.8. The van der Waals surface area contributed by atoms with Crippen molar-refractivity contribution in [1.29, 1.82) is 0 Å². The largest absolute Gasteiger partial charge is 0.397 e. The smallest absolute Gasteiger partial charge is 0.394 e. The molecule has 5 aliphatic heterocycles. The lowest BCUT2D eigenvalue weighted by Crippen LogP contribution is -2.69. The van der Waals surface area contributed by atoms with Crippen molar-refractivity contribution < 1.29 is 262 Å². The highest BCUT2D eigenvalue weighted by Gasteiger charge is 2.61. The molecule has 25 atom stereocenters. The molecule has 598 valence electrons. The van der Waals surface area contributed by atoms with E-state index in [9.17, 15) is 168 Å². The van der Waals surface area contributed by atoms with Crippen molar-refractivity contribution in [3.8, 4) is 0 Å². The van der Waals surface area contributed by atoms with Crippen molar-refractivity contribution in [3.05, 3.63) is 0 Å². The summed E-state index contributed by atoms with van der Waals surface area (Å²) in [5.41, 5.74) is 0. The third-order valence-electron chi connectivity index (χ3n) is 12.8. The Hall–Kier alpha value is -2.03. The Morgan fingerprint density at radius 2 is 0.475 bits per heavy atom. The second-order valence-electron chi connectivity index (χ2n) is 19.8. The maximum absolute atomic E-state index is 12.6. The second-order valence-corrected chi connectivity index (χ2v) is 31.5. The van der Waals surface area contributed by atoms with Crippen LogP contribution in [0.2, 0.25) is 0 Å². The third-order valence-corrected chi connectivity index (χ3v) is 17.8. The van der Waals surface area contributed by atoms with Crippen LogP contribution in [-0.2, 0) is 208 Å². The van der Waals surface area contributed by atoms with Crippen molar-refractivity contribution in [3.63, 3.8) is 0 Å². The molecule has 0 amide bonds. The fourth-order valence-corrected chi connectivity index (χ4v) is 14.1. The Bertz CT molecular complexity index is 4130. The monoisotopic (exact) mass is 1720 g/mol. The number of rotatable bonds is 36. The number of hydrogen-bond donors (Lipinski definition) is 16. The molecule has 0 radical (unpaired) electrons. The minimum Gasteiger partial charge on any atom is -0.394 e. The van der Waals surface area contributed by atoms with Gasteiger partial charge in [-0.3, -0.25) is 50.1 Å². The van der Waals surface area contributed by atoms with Gasteiger partial charge in [0.15, 0.2) is 49.8 Å². The summed E-state index contributed by atoms with van der Waals surface area (Å²) in [6.07, 6.45) is -76.7. The lowest BCUT2D eigenvalue weighted by atomic mass is 9.95. The molecule has 5 aliphatic rings. The summed E-state index contributed by atoms with van der Waals surface area (Å²) in [5, 5.41) is 57.1. The van der Waals surface area contributed by atoms with Gasteiger partial charge in [-0.05, 0) is 0 Å². The van der Waals surface area contributed by atoms with E-state index < -0.39 is 301 Å². The molecular weight excluding hydrogens is 1670 g/mol. The molecule has 0 spiro atoms. The van der Waals surface area contributed by atoms with Crippen molar-refractivity contribution in [2.45, 2.75) is 154 Å². The van der Waals surface area contributed by atoms with Crippen LogP contribution in [0.3, 0.4) is 0 Å². The zero-order valence-electron chi connectivity index (χ0n) is 48.2. The van der Waals surface area contributed by atoms with Crippen LogP contribution < -0.4 is 0 Å². The molecule has 0 bridgehead atoms. The lowest BCUT2D eigenvalue weighted by Gasteiger charge is -2.50. The fourth-order valence-electron chi connectivity index (χ4n) is 9.40. The van der Waals surface area contributed by atoms with Gasteiger partial charge in [0.05, 0.1) is 33.0 Å². The highest BCUT2D eigenvalue weighted by Crippen LogP contribution is 2.40. The topological polar surface area (TPSA) is 893 Å². The Labute approximate surface area is 566 Å². The summed E-state index contributed by atoms with van der Waals surface area (Å²) in [6, 6.07) is 0. The first-order chi connectivity index (χ1) is 45.4. The van der Waals surface area contributed by atoms with Crippen LogP contribution in [0.4, 0.5) is 0 Å². The van der Waals surface area contributed by atoms with Crippen LogP contribution >= 0.6 is 0 Å². The molecule has 0 aliphatic carbocycles. The molecule has 0 aromatic heterocycles. The SMILES string of the molecule is CO[C@@H]1O[C@H](CO)[C@@H](O[C@H]2O[C@H](COS(=O)(=O)O)[C@@H](O[C@@H]3O[C@H](COS(=O)(=O)O)[C@@H](O[C@H]4O[C@H](COS(=O)(=O)O)[C@@H](O[C@@H]5O[C@H](COS(=O)(=O)O)[C@@H](OS(=O)(=O)O)[C@H](OS(=O)(=O)O)[C@H]5O)[C@H](O)[C@H]4OS(=O)(=O)O)[C@H](OS(=O)(=O)O)[C@H]3O)[C@H](O)[C@H]2OS(=O)(=O)O)[C@H](OS(=O)(=O)O)[C@H]1OS(=O)(=O)O. The van der Waals surface area contributed by atoms with E-state index in [1.165, 1.54) is 0 Å². The molecule has 101 heavy (non-hydrogen) atoms. The van der Waals surface area contributed by atoms with Crippen molar-refractivity contribution in [1.82, 2.24) is 0 Å². The van der Waals surface area contributed by atoms with E-state index in [0.717, 1.165) is 0 Å². The highest BCUT2D eigenvalue weighted by molar-refractivity contribution is 7.83. The van der Waals surface area contributed by atoms with E-state index >= 15 is 0 Å². The zero-order chi connectivity index (χ0) is 77.3. The van der Waals surface area contributed by atoms with Gasteiger partial charge in [-0.1, -0.05) is 0 Å². The van der Waals surface area contributed by atoms with Gasteiger partial charge in [0.2, 0.25) is 0 Å². The first kappa shape index (κ1) is 89.6. The minimum absolute atomic E-state index is 0.651. The molecule has 0 aromatic carbocycles. The number of aliphatic hydroxyl groups excluding tert-OH is 5. The Morgan fingerprint density at radius 3 is 0.772 bits per heavy atom. The van der Waals surface area contributed by atoms with E-state index in [1.807, 2.05) is 0 Å². The van der Waals surface area contributed by atoms with Crippen LogP contribution in [0.5, 0.6) is 0 Å². The molecule has 5 saturated heterocycles. The predicted octanol–water partition coefficient (Wildman–Crippen LogP) is -13.2. The molecule has 59 nitrogen and oxygen atoms in total. The van der Waals surface area contributed by atoms with Gasteiger partial charge in [0.25, 0.3) is 0 Å². The van der Waals surface area contributed by atoms with Gasteiger partial charge >= 0.3 is 114 Å². The minimum atomic E-state index is -6.40. The van der Waals surface area contributed by atoms with Crippen molar-refractivity contribution in [2.75, 3.05) is 40.1 Å². The normalized spacial score (nSPS) is 36.6. The Morgan fingerprint density at radius 1 is 0.248 bits per heavy atom. The van der Waals surface area contributed by atoms with Crippen LogP contribution in [-0.4, -0.2) is 362 Å². The van der Waals surface area contributed by atoms with Gasteiger partial charge in [-0.2, -0.15) is 92.6 Å². The van der Waals surface area contributed by atoms with Crippen molar-refractivity contribution in [2.24, 2.45) is 0 Å². The molecule has 0 unspecified atom stereocenters. The van der Waals surface area contributed by atoms with E-state index in [2.05, 4.69) is 46.0 Å². The average Bonchev–Trinajstić information content (AvgIpc) is 0.766. The molecule has 5 rings (SSSR count). The summed E-state index contributed by atoms with van der Waals surface area (Å²) < 4.78 is 472. The van der Waals surface area contributed by atoms with E-state index in [0.29, 0.717) is 7.11 Å². The lowest BCUT2D eigenvalue weighted by molar-refractivity contribution is -0.387. The standard InChI is InChI=1S/C31H54O59S11/c1-70-29-26(90-101(67,68)69)25(89-100(64,65)66)18(7(2-32)75-29)82-30-23(87-98(58,59)60)12(33)16(8(78-30)3-71-91(37,38)39)80-27-14(35)21(85-96(52,53)54)19(10(76-27)5-73-93(43,44)45)83-31-24(88-99(61,62)63)13(34)17(9(79-31)4-72-92(40,41)42)81-28-15(36)22(86-97(55,56)57)20(84-95(49,50)51)11(77-28)6-74-94(46,47)48/h7-36H,2-6H2,1H3,(H,37,38,39)(H,40,41,42)(H,43,44,45)(H,46,47,48)(H,49,50,51)(H,52,53,54)(H,55,56,57)(H,58,59,60)(H,61,62,63)(H,64,65,66)(H,67,68,69)/t7-,8-,9-,10-,11-,12+,13+,14-,15-,16-,17-,18-,19-,20-,21-,22-,23-,24-,25+,26-,27+,28+,29-,30-,31-/m1/s1. The molecule has 0 saturated carbocycles. The van der Waals surface area contributed by atoms with Gasteiger partial charge in [-0.25, -0.2) is 46.0 Å². The van der Waals surface area contributed by atoms with Gasteiger partial charge < -0.3 is 72.9 Å². The van der Waals surface area contributed by atoms with E-state index in [4.69, 9.17) is 47.4 Å². The molecule has 0 aromatic rings. The summed E-state index contributed by atoms with van der Waals surface area (Å²) >= 11 is 0. The van der Waals surface area contributed by atoms with Crippen LogP contribution in [0.25, 0.3) is 0 Å². The molecular formula is C31H54O59S11. The highest BCUT2D eigenvalue weighted by atomic mass is 32.3. The summed E-state index contributed by atoms with van der Waals surface area (Å²) in [6.45, 7) is -9.50. The summed E-state index contributed by atoms with van der Waals surface area (Å²) in [5.74, 6) is 0. The van der Waals surface area contributed by atoms with Crippen LogP contribution in [0.1, 0.15) is 0 Å². The molecule has 5 fully saturated rings. The molecule has 70 heteroatoms. The predicted molar refractivity (Wildman–Crippen MR) is 286 cm³/mol. The first-order valence-electron chi connectivity index (χ1n) is 25.3. The maximum atomic E-state index is 12.6. The maximum Gasteiger partial charge on any atom is 0.397 e. The number of hydrogen-bond acceptors (Lipinski definition) is 48. The quantitative estimate of drug-likeness (QED) is 0.0259. The first-order valence-corrected chi connectivity index (χ1v) is 40.3. The van der Waals surface area contributed by atoms with E-state index in [-0.39, 0.29) is 0 Å². The summed E-state index contributed by atoms with van der Waals surface area (Å²) in [4.78, 5) is 0. The van der Waals surface area contributed by atoms with E-state index in [1.54, 1.807) is 0 Å². The Balaban J connectivity index is 1.67. The number of aliphatic hydroxyl groups is 5. The number of methoxy groups -OCH3 is 1. The van der Waals surface area contributed by atoms with Gasteiger partial charge in [0.1, 0.15) is 104 Å². The average molecular weight is 1720 g/mol. The van der Waals surface area contributed by atoms with Crippen LogP contribution in [0, 0.1) is 0 Å². The van der Waals surface area contributed by atoms with Crippen molar-refractivity contribution >= 4 is 114 Å². The fraction of sp³-hybridized carbons (Fsp3) is 1.00.